The molecule has 0 bridgehead atoms. The van der Waals surface area contributed by atoms with Gasteiger partial charge in [0.05, 0.1) is 5.77 Å². The van der Waals surface area contributed by atoms with Crippen molar-refractivity contribution in [3.05, 3.63) is 42.2 Å². The van der Waals surface area contributed by atoms with E-state index >= 15 is 0 Å². The van der Waals surface area contributed by atoms with E-state index in [9.17, 15) is 0 Å². The van der Waals surface area contributed by atoms with Crippen LogP contribution in [-0.2, 0) is 0 Å². The molecule has 0 nitrogen and oxygen atoms in total. The van der Waals surface area contributed by atoms with Crippen LogP contribution in [0.1, 0.15) is 0 Å². The summed E-state index contributed by atoms with van der Waals surface area (Å²) < 4.78 is 5.55. The minimum atomic E-state index is 1.36. The second-order valence-corrected chi connectivity index (χ2v) is 10.1. The number of thiophene rings is 2. The monoisotopic (exact) mass is 492 g/mol. The maximum Gasteiger partial charge on any atom is 0.0666 e. The fourth-order valence-corrected chi connectivity index (χ4v) is 6.16. The molecule has 2 heterocycles. The number of hydrogen-bond donors (Lipinski definition) is 0. The number of benzene rings is 2. The van der Waals surface area contributed by atoms with Crippen LogP contribution >= 0.6 is 67.9 Å². The van der Waals surface area contributed by atoms with Crippen molar-refractivity contribution in [1.82, 2.24) is 0 Å². The Bertz CT molecular complexity index is 826. The van der Waals surface area contributed by atoms with Crippen LogP contribution in [0.25, 0.3) is 30.9 Å². The molecule has 0 radical (unpaired) electrons. The average Bonchev–Trinajstić information content (AvgIpc) is 2.89. The first-order valence-electron chi connectivity index (χ1n) is 5.42. The van der Waals surface area contributed by atoms with Gasteiger partial charge in [0.15, 0.2) is 0 Å². The lowest BCUT2D eigenvalue weighted by Crippen LogP contribution is -1.72. The van der Waals surface area contributed by atoms with E-state index in [1.165, 1.54) is 36.7 Å². The molecule has 88 valence electrons. The summed E-state index contributed by atoms with van der Waals surface area (Å²) in [5.74, 6) is 0. The zero-order valence-corrected chi connectivity index (χ0v) is 15.0. The molecule has 0 atom stereocenters. The highest BCUT2D eigenvalue weighted by molar-refractivity contribution is 14.1. The summed E-state index contributed by atoms with van der Waals surface area (Å²) in [6, 6.07) is 13.6. The number of rotatable bonds is 0. The van der Waals surface area contributed by atoms with Crippen molar-refractivity contribution in [2.24, 2.45) is 0 Å². The average molecular weight is 492 g/mol. The first-order chi connectivity index (χ1) is 8.72. The van der Waals surface area contributed by atoms with Gasteiger partial charge in [-0.05, 0) is 68.1 Å². The molecule has 0 amide bonds. The van der Waals surface area contributed by atoms with Gasteiger partial charge in [0.1, 0.15) is 0 Å². The zero-order valence-electron chi connectivity index (χ0n) is 9.04. The van der Waals surface area contributed by atoms with Crippen molar-refractivity contribution in [2.45, 2.75) is 0 Å². The third-order valence-corrected chi connectivity index (χ3v) is 6.99. The van der Waals surface area contributed by atoms with Crippen LogP contribution in [0.2, 0.25) is 0 Å². The van der Waals surface area contributed by atoms with E-state index in [-0.39, 0.29) is 0 Å². The number of halogens is 2. The lowest BCUT2D eigenvalue weighted by Gasteiger charge is -2.00. The van der Waals surface area contributed by atoms with Gasteiger partial charge in [-0.2, -0.15) is 0 Å². The highest BCUT2D eigenvalue weighted by Crippen LogP contribution is 2.39. The first-order valence-corrected chi connectivity index (χ1v) is 9.21. The highest BCUT2D eigenvalue weighted by Gasteiger charge is 2.09. The summed E-state index contributed by atoms with van der Waals surface area (Å²) in [5, 5.41) is 5.52. The molecule has 4 rings (SSSR count). The van der Waals surface area contributed by atoms with Crippen LogP contribution in [0, 0.1) is 5.77 Å². The van der Waals surface area contributed by atoms with Crippen LogP contribution in [0.4, 0.5) is 0 Å². The van der Waals surface area contributed by atoms with E-state index in [4.69, 9.17) is 0 Å². The predicted molar refractivity (Wildman–Crippen MR) is 100 cm³/mol. The Labute approximate surface area is 139 Å². The number of fused-ring (bicyclic) bond motifs is 5. The molecule has 0 saturated carbocycles. The van der Waals surface area contributed by atoms with E-state index in [0.717, 1.165) is 0 Å². The van der Waals surface area contributed by atoms with E-state index in [1.54, 1.807) is 0 Å². The van der Waals surface area contributed by atoms with E-state index < -0.39 is 0 Å². The fraction of sp³-hybridized carbons (Fsp3) is 0. The van der Waals surface area contributed by atoms with Gasteiger partial charge in [0, 0.05) is 20.2 Å². The first kappa shape index (κ1) is 11.9. The van der Waals surface area contributed by atoms with Gasteiger partial charge >= 0.3 is 0 Å². The van der Waals surface area contributed by atoms with Crippen molar-refractivity contribution in [1.29, 1.82) is 0 Å². The molecule has 0 aliphatic heterocycles. The molecular weight excluding hydrogens is 486 g/mol. The zero-order chi connectivity index (χ0) is 12.3. The van der Waals surface area contributed by atoms with Crippen LogP contribution in [-0.4, -0.2) is 0 Å². The summed E-state index contributed by atoms with van der Waals surface area (Å²) in [6.45, 7) is 0. The Hall–Kier alpha value is 0.0800. The van der Waals surface area contributed by atoms with Crippen LogP contribution < -0.4 is 0 Å². The maximum absolute atomic E-state index is 2.41. The SMILES string of the molecule is Ic1cc2ccc3c(ccc4cc(I)sc43)c2s1. The minimum Gasteiger partial charge on any atom is -0.129 e. The maximum atomic E-state index is 2.41. The molecule has 0 spiro atoms. The van der Waals surface area contributed by atoms with Crippen molar-refractivity contribution in [2.75, 3.05) is 0 Å². The Morgan fingerprint density at radius 1 is 0.667 bits per heavy atom. The van der Waals surface area contributed by atoms with Gasteiger partial charge in [-0.15, -0.1) is 22.7 Å². The lowest BCUT2D eigenvalue weighted by atomic mass is 10.1. The molecule has 0 aliphatic rings. The summed E-state index contributed by atoms with van der Waals surface area (Å²) in [7, 11) is 0. The Morgan fingerprint density at radius 3 is 1.56 bits per heavy atom. The van der Waals surface area contributed by atoms with Gasteiger partial charge in [-0.25, -0.2) is 0 Å². The molecule has 4 heteroatoms. The summed E-state index contributed by atoms with van der Waals surface area (Å²) >= 11 is 8.59. The Morgan fingerprint density at radius 2 is 1.11 bits per heavy atom. The molecular formula is C14H6I2S2. The fourth-order valence-electron chi connectivity index (χ4n) is 2.34. The van der Waals surface area contributed by atoms with E-state index in [2.05, 4.69) is 81.6 Å². The second-order valence-electron chi connectivity index (χ2n) is 4.16. The van der Waals surface area contributed by atoms with Gasteiger partial charge in [0.2, 0.25) is 0 Å². The third-order valence-electron chi connectivity index (χ3n) is 3.10. The number of hydrogen-bond acceptors (Lipinski definition) is 2. The molecule has 18 heavy (non-hydrogen) atoms. The van der Waals surface area contributed by atoms with Crippen LogP contribution in [0.15, 0.2) is 36.4 Å². The van der Waals surface area contributed by atoms with Gasteiger partial charge < -0.3 is 0 Å². The van der Waals surface area contributed by atoms with Crippen LogP contribution in [0.5, 0.6) is 0 Å². The quantitative estimate of drug-likeness (QED) is 0.247. The minimum absolute atomic E-state index is 1.36. The van der Waals surface area contributed by atoms with E-state index in [0.29, 0.717) is 0 Å². The van der Waals surface area contributed by atoms with Crippen molar-refractivity contribution in [3.63, 3.8) is 0 Å². The smallest absolute Gasteiger partial charge is 0.0666 e. The third kappa shape index (κ3) is 1.72. The second kappa shape index (κ2) is 4.29. The van der Waals surface area contributed by atoms with Gasteiger partial charge in [-0.1, -0.05) is 24.3 Å². The molecule has 0 fully saturated rings. The summed E-state index contributed by atoms with van der Waals surface area (Å²) in [4.78, 5) is 0. The topological polar surface area (TPSA) is 0 Å². The summed E-state index contributed by atoms with van der Waals surface area (Å²) in [5.41, 5.74) is 0. The molecule has 4 aromatic rings. The normalized spacial score (nSPS) is 11.9. The van der Waals surface area contributed by atoms with E-state index in [1.807, 2.05) is 22.7 Å². The Balaban J connectivity index is 2.29. The van der Waals surface area contributed by atoms with Gasteiger partial charge in [-0.3, -0.25) is 0 Å². The van der Waals surface area contributed by atoms with Crippen molar-refractivity contribution in [3.8, 4) is 0 Å². The predicted octanol–water partition coefficient (Wildman–Crippen LogP) is 6.48. The molecule has 2 aromatic heterocycles. The molecule has 0 aliphatic carbocycles. The molecule has 0 N–H and O–H groups in total. The molecule has 2 aromatic carbocycles. The van der Waals surface area contributed by atoms with Crippen molar-refractivity contribution >= 4 is 98.8 Å². The largest absolute Gasteiger partial charge is 0.129 e. The van der Waals surface area contributed by atoms with Crippen LogP contribution in [0.3, 0.4) is 0 Å². The molecule has 0 unspecified atom stereocenters. The summed E-state index contributed by atoms with van der Waals surface area (Å²) in [6.07, 6.45) is 0. The molecule has 0 saturated heterocycles. The standard InChI is InChI=1S/C14H6I2S2/c15-11-5-7-1-3-9-10(13(7)17-11)4-2-8-6-12(16)18-14(8)9/h1-6H. The van der Waals surface area contributed by atoms with Gasteiger partial charge in [0.25, 0.3) is 0 Å². The lowest BCUT2D eigenvalue weighted by molar-refractivity contribution is 1.91. The highest BCUT2D eigenvalue weighted by atomic mass is 127. The van der Waals surface area contributed by atoms with Crippen molar-refractivity contribution < 1.29 is 0 Å². The Kier molecular flexibility index (Phi) is 2.83.